The topological polar surface area (TPSA) is 0 Å². The van der Waals surface area contributed by atoms with Crippen LogP contribution in [-0.4, -0.2) is 10.1 Å². The first-order chi connectivity index (χ1) is 15.3. The minimum absolute atomic E-state index is 0. The molecule has 0 saturated carbocycles. The fourth-order valence-corrected chi connectivity index (χ4v) is 3.51. The zero-order valence-electron chi connectivity index (χ0n) is 21.3. The van der Waals surface area contributed by atoms with Gasteiger partial charge in [0, 0.05) is 0 Å². The Bertz CT molecular complexity index is 1000. The van der Waals surface area contributed by atoms with Crippen LogP contribution in [0.3, 0.4) is 0 Å². The van der Waals surface area contributed by atoms with E-state index in [2.05, 4.69) is 124 Å². The third-order valence-electron chi connectivity index (χ3n) is 5.41. The van der Waals surface area contributed by atoms with Gasteiger partial charge in [0.05, 0.1) is 0 Å². The van der Waals surface area contributed by atoms with Crippen molar-refractivity contribution in [1.82, 2.24) is 0 Å². The molecule has 0 aliphatic rings. The van der Waals surface area contributed by atoms with Crippen LogP contribution in [0.15, 0.2) is 84.9 Å². The van der Waals surface area contributed by atoms with Crippen molar-refractivity contribution >= 4 is 10.1 Å². The second kappa shape index (κ2) is 17.5. The van der Waals surface area contributed by atoms with Gasteiger partial charge in [-0.05, 0) is 12.8 Å². The second-order valence-electron chi connectivity index (χ2n) is 8.35. The molecular weight excluding hydrogens is 682 g/mol. The van der Waals surface area contributed by atoms with Gasteiger partial charge in [-0.2, -0.15) is 12.1 Å². The molecule has 0 aliphatic carbocycles. The van der Waals surface area contributed by atoms with E-state index in [1.165, 1.54) is 65.8 Å². The predicted molar refractivity (Wildman–Crippen MR) is 141 cm³/mol. The minimum atomic E-state index is -0.194. The Kier molecular flexibility index (Phi) is 17.1. The fraction of sp³-hybridized carbons (Fsp3) is 0.267. The first kappa shape index (κ1) is 33.1. The number of halogens is 2. The van der Waals surface area contributed by atoms with Crippen molar-refractivity contribution in [3.05, 3.63) is 107 Å². The summed E-state index contributed by atoms with van der Waals surface area (Å²) < 4.78 is 0. The molecule has 0 bridgehead atoms. The Balaban J connectivity index is 0.000000528. The monoisotopic (exact) mass is 720 g/mol. The molecule has 0 atom stereocenters. The van der Waals surface area contributed by atoms with Gasteiger partial charge in [0.1, 0.15) is 0 Å². The summed E-state index contributed by atoms with van der Waals surface area (Å²) in [5.41, 5.74) is 10.9. The van der Waals surface area contributed by atoms with Gasteiger partial charge in [-0.3, -0.25) is 0 Å². The average molecular weight is 719 g/mol. The molecular formula is C30H36Cl2GeHf-2. The molecule has 0 heterocycles. The quantitative estimate of drug-likeness (QED) is 0.225. The Hall–Kier alpha value is -0.867. The maximum Gasteiger partial charge on any atom is -1.00 e. The summed E-state index contributed by atoms with van der Waals surface area (Å²) in [7, 11) is -0.194. The number of rotatable bonds is 4. The second-order valence-corrected chi connectivity index (χ2v) is 31.2. The average Bonchev–Trinajstić information content (AvgIpc) is 3.42. The molecule has 180 valence electrons. The van der Waals surface area contributed by atoms with Crippen molar-refractivity contribution < 1.29 is 46.1 Å². The summed E-state index contributed by atoms with van der Waals surface area (Å²) >= 11 is 1.52. The van der Waals surface area contributed by atoms with Gasteiger partial charge in [-0.1, -0.05) is 74.2 Å². The molecule has 0 fully saturated rings. The molecule has 34 heavy (non-hydrogen) atoms. The normalized spacial score (nSPS) is 9.41. The summed E-state index contributed by atoms with van der Waals surface area (Å²) in [6.07, 6.45) is 2.22. The molecule has 0 nitrogen and oxygen atoms in total. The van der Waals surface area contributed by atoms with Gasteiger partial charge in [0.25, 0.3) is 0 Å². The van der Waals surface area contributed by atoms with Crippen molar-refractivity contribution in [3.63, 3.8) is 0 Å². The van der Waals surface area contributed by atoms with Crippen LogP contribution in [0.4, 0.5) is 0 Å². The van der Waals surface area contributed by atoms with Gasteiger partial charge in [-0.25, -0.2) is 0 Å². The van der Waals surface area contributed by atoms with E-state index in [4.69, 9.17) is 0 Å². The van der Waals surface area contributed by atoms with E-state index in [1.807, 2.05) is 0 Å². The van der Waals surface area contributed by atoms with E-state index >= 15 is 0 Å². The van der Waals surface area contributed by atoms with Gasteiger partial charge in [0.15, 0.2) is 0 Å². The smallest absolute Gasteiger partial charge is 1.00 e. The first-order valence-corrected chi connectivity index (χ1v) is 26.1. The van der Waals surface area contributed by atoms with E-state index in [0.29, 0.717) is 0 Å². The maximum atomic E-state index is 2.40. The van der Waals surface area contributed by atoms with Gasteiger partial charge >= 0.3 is 42.8 Å². The summed E-state index contributed by atoms with van der Waals surface area (Å²) in [6, 6.07) is 30.6. The largest absolute Gasteiger partial charge is 1.00 e. The molecule has 0 amide bonds. The summed E-state index contributed by atoms with van der Waals surface area (Å²) in [6.45, 7) is 8.68. The molecule has 0 saturated heterocycles. The van der Waals surface area contributed by atoms with Crippen LogP contribution in [0.25, 0.3) is 22.3 Å². The van der Waals surface area contributed by atoms with Crippen molar-refractivity contribution in [2.75, 3.05) is 0 Å². The Morgan fingerprint density at radius 1 is 0.618 bits per heavy atom. The van der Waals surface area contributed by atoms with Crippen LogP contribution in [0.5, 0.6) is 0 Å². The van der Waals surface area contributed by atoms with Crippen LogP contribution < -0.4 is 24.8 Å². The number of hydrogen-bond donors (Lipinski definition) is 0. The maximum absolute atomic E-state index is 2.40. The summed E-state index contributed by atoms with van der Waals surface area (Å²) in [5, 5.41) is 0. The molecule has 0 aromatic heterocycles. The Morgan fingerprint density at radius 2 is 0.912 bits per heavy atom. The summed E-state index contributed by atoms with van der Waals surface area (Å²) in [4.78, 5) is 0. The summed E-state index contributed by atoms with van der Waals surface area (Å²) in [5.74, 6) is 4.79. The van der Waals surface area contributed by atoms with E-state index in [0.717, 1.165) is 12.8 Å². The van der Waals surface area contributed by atoms with Crippen molar-refractivity contribution in [3.8, 4) is 22.3 Å². The molecule has 0 radical (unpaired) electrons. The standard InChI is InChI=1S/2C14H15.C2H6Ge.2ClH.Hf/c2*1-3-12-7-9-13(10-8-12)14-6-4-5-11(14)2;1-3-2;;;/h2*4-10H,3H2,1-2H3;1-2H3;2*1H;/q2*-1;;;;+2/p-2. The third-order valence-corrected chi connectivity index (χ3v) is 5.41. The van der Waals surface area contributed by atoms with Crippen LogP contribution in [0.1, 0.15) is 36.1 Å². The zero-order valence-corrected chi connectivity index (χ0v) is 28.5. The molecule has 4 aromatic carbocycles. The predicted octanol–water partition coefficient (Wildman–Crippen LogP) is 2.68. The molecule has 0 N–H and O–H groups in total. The molecule has 4 aromatic rings. The molecule has 0 unspecified atom stereocenters. The van der Waals surface area contributed by atoms with Gasteiger partial charge < -0.3 is 24.8 Å². The molecule has 4 heteroatoms. The van der Waals surface area contributed by atoms with Gasteiger partial charge in [-0.15, -0.1) is 70.8 Å². The van der Waals surface area contributed by atoms with Crippen LogP contribution in [-0.2, 0) is 34.1 Å². The first-order valence-electron chi connectivity index (χ1n) is 11.5. The van der Waals surface area contributed by atoms with Crippen molar-refractivity contribution in [2.45, 2.75) is 52.0 Å². The zero-order chi connectivity index (χ0) is 23.5. The Morgan fingerprint density at radius 3 is 1.12 bits per heavy atom. The number of aryl methyl sites for hydroxylation is 4. The van der Waals surface area contributed by atoms with Crippen molar-refractivity contribution in [2.24, 2.45) is 0 Å². The van der Waals surface area contributed by atoms with Crippen LogP contribution in [0, 0.1) is 13.8 Å². The van der Waals surface area contributed by atoms with Crippen LogP contribution >= 0.6 is 0 Å². The van der Waals surface area contributed by atoms with Gasteiger partial charge in [0.2, 0.25) is 0 Å². The van der Waals surface area contributed by atoms with E-state index in [9.17, 15) is 0 Å². The molecule has 0 aliphatic heterocycles. The van der Waals surface area contributed by atoms with Crippen LogP contribution in [0.2, 0.25) is 11.5 Å². The molecule has 4 rings (SSSR count). The fourth-order valence-electron chi connectivity index (χ4n) is 3.51. The molecule has 0 spiro atoms. The Labute approximate surface area is 235 Å². The SMILES string of the molecule is CCc1ccc(-[c-]2cccc2C)cc1.CCc1ccc(-[c-]2cccc2C)cc1.[CH3][Ge]([CH3])=[Hf+2].[Cl-].[Cl-]. The van der Waals surface area contributed by atoms with E-state index < -0.39 is 0 Å². The third kappa shape index (κ3) is 10.8. The number of hydrogen-bond acceptors (Lipinski definition) is 0. The minimum Gasteiger partial charge on any atom is -1.00 e. The van der Waals surface area contributed by atoms with E-state index in [-0.39, 0.29) is 34.9 Å². The van der Waals surface area contributed by atoms with E-state index in [1.54, 1.807) is 0 Å². The van der Waals surface area contributed by atoms with Crippen molar-refractivity contribution in [1.29, 1.82) is 0 Å². The number of benzene rings is 2.